The van der Waals surface area contributed by atoms with Crippen LogP contribution in [0.15, 0.2) is 22.5 Å². The van der Waals surface area contributed by atoms with Crippen LogP contribution in [0.2, 0.25) is 0 Å². The lowest BCUT2D eigenvalue weighted by Crippen LogP contribution is -2.28. The first-order valence-corrected chi connectivity index (χ1v) is 4.66. The Bertz CT molecular complexity index is 284. The first kappa shape index (κ1) is 13.7. The van der Waals surface area contributed by atoms with Crippen molar-refractivity contribution in [2.45, 2.75) is 6.43 Å². The number of hydrogen-bond acceptors (Lipinski definition) is 4. The van der Waals surface area contributed by atoms with E-state index in [1.54, 1.807) is 0 Å². The van der Waals surface area contributed by atoms with E-state index in [9.17, 15) is 13.0 Å². The zero-order chi connectivity index (χ0) is 11.8. The van der Waals surface area contributed by atoms with Crippen LogP contribution in [0.4, 0.5) is 8.78 Å². The van der Waals surface area contributed by atoms with E-state index in [4.69, 9.17) is 4.55 Å². The van der Waals surface area contributed by atoms with Crippen LogP contribution in [0.1, 0.15) is 0 Å². The van der Waals surface area contributed by atoms with Gasteiger partial charge in [-0.05, 0) is 6.72 Å². The smallest absolute Gasteiger partial charge is 0.275 e. The Morgan fingerprint density at radius 2 is 2.33 bits per heavy atom. The maximum atomic E-state index is 11.8. The maximum Gasteiger partial charge on any atom is 0.275 e. The van der Waals surface area contributed by atoms with Crippen LogP contribution in [0, 0.1) is 0 Å². The number of aliphatic imine (C=N–C) groups is 1. The molecule has 86 valence electrons. The highest BCUT2D eigenvalue weighted by Gasteiger charge is 2.07. The fourth-order valence-electron chi connectivity index (χ4n) is 0.571. The molecule has 0 aliphatic carbocycles. The second-order valence-electron chi connectivity index (χ2n) is 2.16. The summed E-state index contributed by atoms with van der Waals surface area (Å²) in [7, 11) is 0. The van der Waals surface area contributed by atoms with Gasteiger partial charge in [0.2, 0.25) is 0 Å². The summed E-state index contributed by atoms with van der Waals surface area (Å²) in [6, 6.07) is 0. The van der Waals surface area contributed by atoms with Gasteiger partial charge in [0, 0.05) is 0 Å². The highest BCUT2D eigenvalue weighted by molar-refractivity contribution is 7.77. The molecular formula is C6H10F2N4O2S. The van der Waals surface area contributed by atoms with Gasteiger partial charge < -0.3 is 0 Å². The zero-order valence-electron chi connectivity index (χ0n) is 7.64. The molecule has 0 aromatic heterocycles. The summed E-state index contributed by atoms with van der Waals surface area (Å²) in [5, 5.41) is 4.15. The van der Waals surface area contributed by atoms with E-state index in [0.717, 1.165) is 5.01 Å². The van der Waals surface area contributed by atoms with E-state index < -0.39 is 17.7 Å². The fourth-order valence-corrected chi connectivity index (χ4v) is 0.878. The minimum atomic E-state index is -2.73. The predicted molar refractivity (Wildman–Crippen MR) is 53.8 cm³/mol. The van der Waals surface area contributed by atoms with Crippen LogP contribution < -0.4 is 4.72 Å². The molecule has 1 unspecified atom stereocenters. The summed E-state index contributed by atoms with van der Waals surface area (Å²) in [6.45, 7) is 6.28. The van der Waals surface area contributed by atoms with Crippen LogP contribution in [0.5, 0.6) is 0 Å². The summed E-state index contributed by atoms with van der Waals surface area (Å²) in [6.07, 6.45) is -2.39. The van der Waals surface area contributed by atoms with Crippen molar-refractivity contribution in [1.82, 2.24) is 9.73 Å². The molecule has 0 aliphatic rings. The molecule has 0 saturated carbocycles. The second kappa shape index (κ2) is 7.01. The van der Waals surface area contributed by atoms with Gasteiger partial charge in [-0.1, -0.05) is 6.58 Å². The van der Waals surface area contributed by atoms with Crippen molar-refractivity contribution in [3.63, 3.8) is 0 Å². The van der Waals surface area contributed by atoms with Crippen molar-refractivity contribution < 1.29 is 17.5 Å². The molecule has 0 aromatic rings. The summed E-state index contributed by atoms with van der Waals surface area (Å²) >= 11 is -2.35. The molecule has 0 spiro atoms. The van der Waals surface area contributed by atoms with E-state index in [0.29, 0.717) is 6.21 Å². The number of halogens is 2. The molecule has 6 nitrogen and oxygen atoms in total. The van der Waals surface area contributed by atoms with Gasteiger partial charge >= 0.3 is 0 Å². The molecule has 15 heavy (non-hydrogen) atoms. The maximum absolute atomic E-state index is 11.8. The van der Waals surface area contributed by atoms with Crippen LogP contribution in [-0.2, 0) is 11.3 Å². The van der Waals surface area contributed by atoms with Crippen molar-refractivity contribution in [3.8, 4) is 0 Å². The molecule has 0 radical (unpaired) electrons. The Hall–Kier alpha value is -1.35. The molecule has 0 aromatic carbocycles. The third kappa shape index (κ3) is 6.69. The largest absolute Gasteiger partial charge is 0.289 e. The minimum Gasteiger partial charge on any atom is -0.289 e. The van der Waals surface area contributed by atoms with E-state index in [2.05, 4.69) is 23.4 Å². The Morgan fingerprint density at radius 1 is 1.73 bits per heavy atom. The average Bonchev–Trinajstić information content (AvgIpc) is 2.10. The SMILES string of the molecule is C=NCN(/N=C/C(F)F)C(=C)NS(=O)O. The lowest BCUT2D eigenvalue weighted by Gasteiger charge is -2.17. The van der Waals surface area contributed by atoms with E-state index in [-0.39, 0.29) is 12.5 Å². The topological polar surface area (TPSA) is 77.3 Å². The lowest BCUT2D eigenvalue weighted by molar-refractivity contribution is 0.227. The summed E-state index contributed by atoms with van der Waals surface area (Å²) in [5.41, 5.74) is 0. The van der Waals surface area contributed by atoms with Crippen molar-refractivity contribution in [2.24, 2.45) is 10.1 Å². The summed E-state index contributed by atoms with van der Waals surface area (Å²) in [4.78, 5) is 3.38. The van der Waals surface area contributed by atoms with Crippen molar-refractivity contribution >= 4 is 24.2 Å². The number of hydrazone groups is 1. The summed E-state index contributed by atoms with van der Waals surface area (Å²) in [5.74, 6) is -0.139. The number of nitrogens with zero attached hydrogens (tertiary/aromatic N) is 3. The highest BCUT2D eigenvalue weighted by Crippen LogP contribution is 2.00. The first-order chi connectivity index (χ1) is 6.97. The fraction of sp³-hybridized carbons (Fsp3) is 0.333. The number of nitrogens with one attached hydrogen (secondary N) is 1. The molecule has 0 heterocycles. The quantitative estimate of drug-likeness (QED) is 0.384. The van der Waals surface area contributed by atoms with Gasteiger partial charge in [-0.2, -0.15) is 5.10 Å². The second-order valence-corrected chi connectivity index (χ2v) is 2.86. The molecule has 0 bridgehead atoms. The monoisotopic (exact) mass is 240 g/mol. The molecule has 0 fully saturated rings. The third-order valence-corrected chi connectivity index (χ3v) is 1.48. The van der Waals surface area contributed by atoms with Crippen molar-refractivity contribution in [3.05, 3.63) is 12.4 Å². The number of rotatable bonds is 7. The van der Waals surface area contributed by atoms with Crippen LogP contribution in [0.3, 0.4) is 0 Å². The molecule has 0 saturated heterocycles. The average molecular weight is 240 g/mol. The number of alkyl halides is 2. The van der Waals surface area contributed by atoms with Crippen molar-refractivity contribution in [2.75, 3.05) is 6.67 Å². The van der Waals surface area contributed by atoms with Crippen LogP contribution in [-0.4, -0.2) is 39.8 Å². The Labute approximate surface area is 87.8 Å². The minimum absolute atomic E-state index is 0.139. The van der Waals surface area contributed by atoms with E-state index in [1.165, 1.54) is 0 Å². The summed E-state index contributed by atoms with van der Waals surface area (Å²) < 4.78 is 44.3. The first-order valence-electron chi connectivity index (χ1n) is 3.56. The van der Waals surface area contributed by atoms with E-state index >= 15 is 0 Å². The molecule has 2 N–H and O–H groups in total. The Balaban J connectivity index is 4.43. The molecule has 9 heteroatoms. The van der Waals surface area contributed by atoms with Gasteiger partial charge in [0.05, 0.1) is 6.21 Å². The predicted octanol–water partition coefficient (Wildman–Crippen LogP) is 0.395. The Morgan fingerprint density at radius 3 is 2.73 bits per heavy atom. The molecule has 0 amide bonds. The van der Waals surface area contributed by atoms with Crippen LogP contribution >= 0.6 is 0 Å². The normalized spacial score (nSPS) is 12.8. The molecular weight excluding hydrogens is 230 g/mol. The van der Waals surface area contributed by atoms with Gasteiger partial charge in [-0.15, -0.1) is 0 Å². The molecule has 0 aliphatic heterocycles. The van der Waals surface area contributed by atoms with Gasteiger partial charge in [0.1, 0.15) is 12.5 Å². The molecule has 0 rings (SSSR count). The van der Waals surface area contributed by atoms with Gasteiger partial charge in [-0.25, -0.2) is 18.0 Å². The molecule has 1 atom stereocenters. The van der Waals surface area contributed by atoms with Gasteiger partial charge in [0.15, 0.2) is 0 Å². The van der Waals surface area contributed by atoms with Gasteiger partial charge in [0.25, 0.3) is 17.7 Å². The standard InChI is InChI=1S/C6H10F2N4O2S/c1-5(11-15(13)14)12(4-9-2)10-3-6(7)8/h3,6,11H,1-2,4H2,(H,13,14)/b10-3+. The lowest BCUT2D eigenvalue weighted by atomic mass is 10.7. The van der Waals surface area contributed by atoms with Crippen LogP contribution in [0.25, 0.3) is 0 Å². The van der Waals surface area contributed by atoms with E-state index in [1.807, 2.05) is 4.72 Å². The number of hydrogen-bond donors (Lipinski definition) is 2. The van der Waals surface area contributed by atoms with Crippen molar-refractivity contribution in [1.29, 1.82) is 0 Å². The van der Waals surface area contributed by atoms with Gasteiger partial charge in [-0.3, -0.25) is 14.3 Å². The highest BCUT2D eigenvalue weighted by atomic mass is 32.2. The third-order valence-electron chi connectivity index (χ3n) is 1.07. The Kier molecular flexibility index (Phi) is 6.38. The zero-order valence-corrected chi connectivity index (χ0v) is 8.45.